The minimum Gasteiger partial charge on any atom is -0.313 e. The van der Waals surface area contributed by atoms with Gasteiger partial charge in [-0.2, -0.15) is 4.31 Å². The summed E-state index contributed by atoms with van der Waals surface area (Å²) in [6.07, 6.45) is -1.89. The summed E-state index contributed by atoms with van der Waals surface area (Å²) in [4.78, 5) is -0.593. The van der Waals surface area contributed by atoms with Gasteiger partial charge in [-0.05, 0) is 30.7 Å². The quantitative estimate of drug-likeness (QED) is 0.746. The summed E-state index contributed by atoms with van der Waals surface area (Å²) in [5.41, 5.74) is 0.594. The van der Waals surface area contributed by atoms with Crippen molar-refractivity contribution in [3.05, 3.63) is 29.6 Å². The van der Waals surface area contributed by atoms with E-state index < -0.39 is 33.7 Å². The topological polar surface area (TPSA) is 49.4 Å². The molecule has 1 aromatic carbocycles. The van der Waals surface area contributed by atoms with Crippen LogP contribution in [-0.2, 0) is 16.6 Å². The largest absolute Gasteiger partial charge is 0.313 e. The van der Waals surface area contributed by atoms with Gasteiger partial charge in [-0.1, -0.05) is 13.0 Å². The highest BCUT2D eigenvalue weighted by Gasteiger charge is 2.26. The van der Waals surface area contributed by atoms with E-state index in [1.54, 1.807) is 0 Å². The molecule has 0 atom stereocenters. The fraction of sp³-hybridized carbons (Fsp3) is 0.538. The molecule has 1 aromatic rings. The fourth-order valence-corrected chi connectivity index (χ4v) is 2.92. The number of hydrogen-bond donors (Lipinski definition) is 1. The maximum atomic E-state index is 13.9. The van der Waals surface area contributed by atoms with Crippen molar-refractivity contribution in [2.24, 2.45) is 0 Å². The molecule has 0 aromatic heterocycles. The normalized spacial score (nSPS) is 12.3. The zero-order valence-corrected chi connectivity index (χ0v) is 12.8. The number of hydrogen-bond acceptors (Lipinski definition) is 3. The third-order valence-corrected chi connectivity index (χ3v) is 4.69. The highest BCUT2D eigenvalue weighted by Crippen LogP contribution is 2.20. The van der Waals surface area contributed by atoms with Gasteiger partial charge >= 0.3 is 0 Å². The van der Waals surface area contributed by atoms with E-state index in [1.165, 1.54) is 6.07 Å². The maximum Gasteiger partial charge on any atom is 0.252 e. The first kappa shape index (κ1) is 17.9. The van der Waals surface area contributed by atoms with Crippen LogP contribution >= 0.6 is 0 Å². The van der Waals surface area contributed by atoms with Crippen LogP contribution in [0.4, 0.5) is 13.2 Å². The van der Waals surface area contributed by atoms with Gasteiger partial charge in [0.05, 0.1) is 6.54 Å². The van der Waals surface area contributed by atoms with Gasteiger partial charge in [-0.15, -0.1) is 0 Å². The molecule has 120 valence electrons. The van der Waals surface area contributed by atoms with Crippen LogP contribution < -0.4 is 5.32 Å². The highest BCUT2D eigenvalue weighted by atomic mass is 32.2. The third kappa shape index (κ3) is 4.98. The van der Waals surface area contributed by atoms with E-state index in [9.17, 15) is 21.6 Å². The van der Waals surface area contributed by atoms with Gasteiger partial charge in [0.1, 0.15) is 10.7 Å². The first-order valence-corrected chi connectivity index (χ1v) is 7.96. The van der Waals surface area contributed by atoms with Gasteiger partial charge in [0, 0.05) is 13.6 Å². The standard InChI is InChI=1S/C13H19F3N2O2S/c1-3-6-17-8-10-4-5-12(11(14)7-10)21(19,20)18(2)9-13(15)16/h4-5,7,13,17H,3,6,8-9H2,1-2H3. The summed E-state index contributed by atoms with van der Waals surface area (Å²) >= 11 is 0. The van der Waals surface area contributed by atoms with Crippen LogP contribution in [0.2, 0.25) is 0 Å². The Morgan fingerprint density at radius 3 is 2.52 bits per heavy atom. The van der Waals surface area contributed by atoms with Crippen molar-refractivity contribution in [2.75, 3.05) is 20.1 Å². The van der Waals surface area contributed by atoms with Crippen molar-refractivity contribution in [1.29, 1.82) is 0 Å². The van der Waals surface area contributed by atoms with E-state index in [1.807, 2.05) is 6.92 Å². The smallest absolute Gasteiger partial charge is 0.252 e. The fourth-order valence-electron chi connectivity index (χ4n) is 1.73. The number of sulfonamides is 1. The van der Waals surface area contributed by atoms with Crippen molar-refractivity contribution in [3.8, 4) is 0 Å². The number of halogens is 3. The van der Waals surface area contributed by atoms with Crippen molar-refractivity contribution < 1.29 is 21.6 Å². The van der Waals surface area contributed by atoms with Crippen LogP contribution in [0.15, 0.2) is 23.1 Å². The highest BCUT2D eigenvalue weighted by molar-refractivity contribution is 7.89. The Hall–Kier alpha value is -1.12. The summed E-state index contributed by atoms with van der Waals surface area (Å²) in [5.74, 6) is -0.938. The van der Waals surface area contributed by atoms with Crippen LogP contribution in [0.5, 0.6) is 0 Å². The SMILES string of the molecule is CCCNCc1ccc(S(=O)(=O)N(C)CC(F)F)c(F)c1. The predicted octanol–water partition coefficient (Wildman–Crippen LogP) is 2.21. The lowest BCUT2D eigenvalue weighted by Gasteiger charge is -2.17. The molecule has 1 rings (SSSR count). The molecular weight excluding hydrogens is 305 g/mol. The lowest BCUT2D eigenvalue weighted by atomic mass is 10.2. The van der Waals surface area contributed by atoms with Gasteiger partial charge in [0.25, 0.3) is 6.43 Å². The second-order valence-electron chi connectivity index (χ2n) is 4.62. The molecule has 0 saturated carbocycles. The first-order chi connectivity index (χ1) is 9.78. The molecule has 0 fully saturated rings. The van der Waals surface area contributed by atoms with Crippen molar-refractivity contribution in [2.45, 2.75) is 31.2 Å². The monoisotopic (exact) mass is 324 g/mol. The molecule has 0 spiro atoms. The Labute approximate surface area is 123 Å². The second kappa shape index (κ2) is 7.77. The van der Waals surface area contributed by atoms with Gasteiger partial charge < -0.3 is 5.32 Å². The van der Waals surface area contributed by atoms with Crippen LogP contribution in [0.1, 0.15) is 18.9 Å². The molecule has 0 aliphatic rings. The predicted molar refractivity (Wildman–Crippen MR) is 74.2 cm³/mol. The average Bonchev–Trinajstić information content (AvgIpc) is 2.38. The number of benzene rings is 1. The molecular formula is C13H19F3N2O2S. The molecule has 0 saturated heterocycles. The molecule has 1 N–H and O–H groups in total. The van der Waals surface area contributed by atoms with E-state index in [2.05, 4.69) is 5.32 Å². The average molecular weight is 324 g/mol. The van der Waals surface area contributed by atoms with Gasteiger partial charge in [0.15, 0.2) is 0 Å². The Kier molecular flexibility index (Phi) is 6.63. The van der Waals surface area contributed by atoms with Gasteiger partial charge in [-0.25, -0.2) is 21.6 Å². The number of alkyl halides is 2. The van der Waals surface area contributed by atoms with Gasteiger partial charge in [0.2, 0.25) is 10.0 Å². The molecule has 21 heavy (non-hydrogen) atoms. The zero-order valence-electron chi connectivity index (χ0n) is 11.9. The Morgan fingerprint density at radius 1 is 1.33 bits per heavy atom. The Morgan fingerprint density at radius 2 is 2.00 bits per heavy atom. The van der Waals surface area contributed by atoms with E-state index >= 15 is 0 Å². The summed E-state index contributed by atoms with van der Waals surface area (Å²) in [5, 5.41) is 3.06. The molecule has 4 nitrogen and oxygen atoms in total. The minimum atomic E-state index is -4.25. The first-order valence-electron chi connectivity index (χ1n) is 6.52. The Bertz CT molecular complexity index is 565. The molecule has 0 radical (unpaired) electrons. The van der Waals surface area contributed by atoms with Crippen LogP contribution in [0, 0.1) is 5.82 Å². The summed E-state index contributed by atoms with van der Waals surface area (Å²) in [6, 6.07) is 3.68. The molecule has 0 amide bonds. The van der Waals surface area contributed by atoms with Crippen molar-refractivity contribution >= 4 is 10.0 Å². The lowest BCUT2D eigenvalue weighted by molar-refractivity contribution is 0.126. The summed E-state index contributed by atoms with van der Waals surface area (Å²) in [7, 11) is -3.25. The van der Waals surface area contributed by atoms with Gasteiger partial charge in [-0.3, -0.25) is 0 Å². The van der Waals surface area contributed by atoms with E-state index in [0.717, 1.165) is 32.1 Å². The third-order valence-electron chi connectivity index (χ3n) is 2.84. The Balaban J connectivity index is 2.93. The molecule has 0 unspecified atom stereocenters. The van der Waals surface area contributed by atoms with E-state index in [-0.39, 0.29) is 0 Å². The number of rotatable bonds is 8. The zero-order chi connectivity index (χ0) is 16.0. The molecule has 0 bridgehead atoms. The minimum absolute atomic E-state index is 0.415. The molecule has 0 heterocycles. The summed E-state index contributed by atoms with van der Waals surface area (Å²) < 4.78 is 62.9. The molecule has 0 aliphatic carbocycles. The molecule has 0 aliphatic heterocycles. The lowest BCUT2D eigenvalue weighted by Crippen LogP contribution is -2.32. The van der Waals surface area contributed by atoms with Crippen molar-refractivity contribution in [3.63, 3.8) is 0 Å². The summed E-state index contributed by atoms with van der Waals surface area (Å²) in [6.45, 7) is 2.19. The second-order valence-corrected chi connectivity index (χ2v) is 6.63. The number of nitrogens with one attached hydrogen (secondary N) is 1. The van der Waals surface area contributed by atoms with Crippen LogP contribution in [0.3, 0.4) is 0 Å². The van der Waals surface area contributed by atoms with Crippen LogP contribution in [-0.4, -0.2) is 39.3 Å². The van der Waals surface area contributed by atoms with E-state index in [4.69, 9.17) is 0 Å². The molecule has 8 heteroatoms. The van der Waals surface area contributed by atoms with Crippen molar-refractivity contribution in [1.82, 2.24) is 9.62 Å². The van der Waals surface area contributed by atoms with Crippen LogP contribution in [0.25, 0.3) is 0 Å². The number of nitrogens with zero attached hydrogens (tertiary/aromatic N) is 1. The maximum absolute atomic E-state index is 13.9. The van der Waals surface area contributed by atoms with E-state index in [0.29, 0.717) is 16.4 Å².